The van der Waals surface area contributed by atoms with Crippen molar-refractivity contribution in [2.75, 3.05) is 0 Å². The van der Waals surface area contributed by atoms with Crippen LogP contribution < -0.4 is 0 Å². The van der Waals surface area contributed by atoms with Crippen LogP contribution in [0.5, 0.6) is 0 Å². The molecule has 0 bridgehead atoms. The third kappa shape index (κ3) is 2.29. The number of nitrogens with zero attached hydrogens (tertiary/aromatic N) is 2. The van der Waals surface area contributed by atoms with Gasteiger partial charge in [-0.1, -0.05) is 22.9 Å². The summed E-state index contributed by atoms with van der Waals surface area (Å²) in [7, 11) is 0. The van der Waals surface area contributed by atoms with Crippen molar-refractivity contribution < 1.29 is 4.39 Å². The van der Waals surface area contributed by atoms with Gasteiger partial charge in [0.25, 0.3) is 0 Å². The number of aryl methyl sites for hydroxylation is 1. The lowest BCUT2D eigenvalue weighted by atomic mass is 10.2. The fourth-order valence-corrected chi connectivity index (χ4v) is 1.79. The van der Waals surface area contributed by atoms with E-state index in [1.54, 1.807) is 12.1 Å². The Kier molecular flexibility index (Phi) is 3.33. The Morgan fingerprint density at radius 2 is 2.25 bits per heavy atom. The molecule has 3 nitrogen and oxygen atoms in total. The minimum atomic E-state index is -0.315. The van der Waals surface area contributed by atoms with Gasteiger partial charge < -0.3 is 0 Å². The van der Waals surface area contributed by atoms with E-state index in [1.165, 1.54) is 6.07 Å². The highest BCUT2D eigenvalue weighted by Crippen LogP contribution is 2.23. The first-order valence-electron chi connectivity index (χ1n) is 5.07. The molecule has 0 aliphatic rings. The molecule has 0 amide bonds. The standard InChI is InChI=1S/C11H11BrFN3/c1-2-3-10-14-11(16-15-10)8-6-7(12)4-5-9(8)13/h4-6H,2-3H2,1H3,(H,14,15,16). The zero-order valence-electron chi connectivity index (χ0n) is 8.80. The molecule has 0 aliphatic heterocycles. The summed E-state index contributed by atoms with van der Waals surface area (Å²) in [6.07, 6.45) is 1.80. The summed E-state index contributed by atoms with van der Waals surface area (Å²) in [6.45, 7) is 2.06. The summed E-state index contributed by atoms with van der Waals surface area (Å²) in [6, 6.07) is 4.72. The molecule has 1 heterocycles. The molecule has 0 saturated carbocycles. The quantitative estimate of drug-likeness (QED) is 0.939. The predicted molar refractivity (Wildman–Crippen MR) is 63.5 cm³/mol. The van der Waals surface area contributed by atoms with Crippen LogP contribution in [-0.2, 0) is 6.42 Å². The van der Waals surface area contributed by atoms with E-state index in [-0.39, 0.29) is 5.82 Å². The van der Waals surface area contributed by atoms with Gasteiger partial charge in [0, 0.05) is 10.9 Å². The molecule has 0 radical (unpaired) electrons. The van der Waals surface area contributed by atoms with E-state index < -0.39 is 0 Å². The number of aromatic nitrogens is 3. The zero-order chi connectivity index (χ0) is 11.5. The highest BCUT2D eigenvalue weighted by molar-refractivity contribution is 9.10. The lowest BCUT2D eigenvalue weighted by Crippen LogP contribution is -1.88. The Labute approximate surface area is 101 Å². The number of hydrogen-bond donors (Lipinski definition) is 1. The number of H-pyrrole nitrogens is 1. The summed E-state index contributed by atoms with van der Waals surface area (Å²) < 4.78 is 14.3. The number of rotatable bonds is 3. The molecule has 1 N–H and O–H groups in total. The molecule has 1 aromatic carbocycles. The number of hydrogen-bond acceptors (Lipinski definition) is 2. The maximum Gasteiger partial charge on any atom is 0.184 e. The van der Waals surface area contributed by atoms with Gasteiger partial charge in [-0.2, -0.15) is 5.10 Å². The van der Waals surface area contributed by atoms with Gasteiger partial charge in [-0.3, -0.25) is 5.10 Å². The first-order valence-corrected chi connectivity index (χ1v) is 5.86. The van der Waals surface area contributed by atoms with Crippen LogP contribution in [0.25, 0.3) is 11.4 Å². The van der Waals surface area contributed by atoms with E-state index in [9.17, 15) is 4.39 Å². The van der Waals surface area contributed by atoms with Gasteiger partial charge in [-0.05, 0) is 24.6 Å². The van der Waals surface area contributed by atoms with Crippen molar-refractivity contribution in [3.8, 4) is 11.4 Å². The third-order valence-corrected chi connectivity index (χ3v) is 2.68. The summed E-state index contributed by atoms with van der Waals surface area (Å²) in [5.74, 6) is 0.879. The Balaban J connectivity index is 2.38. The van der Waals surface area contributed by atoms with Crippen LogP contribution in [0.3, 0.4) is 0 Å². The molecule has 0 aliphatic carbocycles. The highest BCUT2D eigenvalue weighted by Gasteiger charge is 2.10. The van der Waals surface area contributed by atoms with Gasteiger partial charge in [0.15, 0.2) is 5.82 Å². The number of benzene rings is 1. The van der Waals surface area contributed by atoms with Crippen LogP contribution in [0.4, 0.5) is 4.39 Å². The van der Waals surface area contributed by atoms with Gasteiger partial charge >= 0.3 is 0 Å². The molecule has 5 heteroatoms. The SMILES string of the molecule is CCCc1nc(-c2cc(Br)ccc2F)n[nH]1. The van der Waals surface area contributed by atoms with Crippen molar-refractivity contribution in [2.24, 2.45) is 0 Å². The van der Waals surface area contributed by atoms with Crippen LogP contribution >= 0.6 is 15.9 Å². The molecule has 0 atom stereocenters. The van der Waals surface area contributed by atoms with Crippen LogP contribution in [-0.4, -0.2) is 15.2 Å². The molecule has 2 rings (SSSR count). The lowest BCUT2D eigenvalue weighted by molar-refractivity contribution is 0.629. The summed E-state index contributed by atoms with van der Waals surface area (Å²) in [4.78, 5) is 4.24. The van der Waals surface area contributed by atoms with Gasteiger partial charge in [0.2, 0.25) is 0 Å². The molecule has 84 valence electrons. The maximum absolute atomic E-state index is 13.5. The summed E-state index contributed by atoms with van der Waals surface area (Å²) in [5, 5.41) is 6.82. The number of nitrogens with one attached hydrogen (secondary N) is 1. The molecule has 0 saturated heterocycles. The molecular weight excluding hydrogens is 273 g/mol. The van der Waals surface area contributed by atoms with Gasteiger partial charge in [-0.15, -0.1) is 0 Å². The zero-order valence-corrected chi connectivity index (χ0v) is 10.4. The van der Waals surface area contributed by atoms with Crippen molar-refractivity contribution in [1.29, 1.82) is 0 Å². The predicted octanol–water partition coefficient (Wildman–Crippen LogP) is 3.33. The summed E-state index contributed by atoms with van der Waals surface area (Å²) >= 11 is 3.30. The van der Waals surface area contributed by atoms with Crippen molar-refractivity contribution in [3.05, 3.63) is 34.3 Å². The van der Waals surface area contributed by atoms with Crippen molar-refractivity contribution in [3.63, 3.8) is 0 Å². The fourth-order valence-electron chi connectivity index (χ4n) is 1.43. The topological polar surface area (TPSA) is 41.6 Å². The molecule has 0 fully saturated rings. The third-order valence-electron chi connectivity index (χ3n) is 2.19. The van der Waals surface area contributed by atoms with E-state index in [2.05, 4.69) is 38.0 Å². The van der Waals surface area contributed by atoms with Crippen molar-refractivity contribution in [2.45, 2.75) is 19.8 Å². The van der Waals surface area contributed by atoms with E-state index in [1.807, 2.05) is 0 Å². The second kappa shape index (κ2) is 4.74. The van der Waals surface area contributed by atoms with Crippen LogP contribution in [0.15, 0.2) is 22.7 Å². The van der Waals surface area contributed by atoms with Crippen LogP contribution in [0, 0.1) is 5.82 Å². The van der Waals surface area contributed by atoms with Gasteiger partial charge in [0.1, 0.15) is 11.6 Å². The molecule has 2 aromatic rings. The number of aromatic amines is 1. The monoisotopic (exact) mass is 283 g/mol. The largest absolute Gasteiger partial charge is 0.263 e. The number of halogens is 2. The normalized spacial score (nSPS) is 10.7. The first-order chi connectivity index (χ1) is 7.70. The van der Waals surface area contributed by atoms with E-state index in [0.717, 1.165) is 23.1 Å². The Bertz CT molecular complexity index is 496. The van der Waals surface area contributed by atoms with Gasteiger partial charge in [0.05, 0.1) is 5.56 Å². The fraction of sp³-hybridized carbons (Fsp3) is 0.273. The average Bonchev–Trinajstić information content (AvgIpc) is 2.71. The molecule has 0 spiro atoms. The average molecular weight is 284 g/mol. The molecule has 1 aromatic heterocycles. The van der Waals surface area contributed by atoms with E-state index in [4.69, 9.17) is 0 Å². The first kappa shape index (κ1) is 11.3. The Morgan fingerprint density at radius 3 is 3.00 bits per heavy atom. The smallest absolute Gasteiger partial charge is 0.184 e. The second-order valence-corrected chi connectivity index (χ2v) is 4.40. The molecular formula is C11H11BrFN3. The Hall–Kier alpha value is -1.23. The minimum Gasteiger partial charge on any atom is -0.263 e. The lowest BCUT2D eigenvalue weighted by Gasteiger charge is -1.98. The van der Waals surface area contributed by atoms with Gasteiger partial charge in [-0.25, -0.2) is 9.37 Å². The minimum absolute atomic E-state index is 0.315. The van der Waals surface area contributed by atoms with Crippen LogP contribution in [0.1, 0.15) is 19.2 Å². The molecule has 16 heavy (non-hydrogen) atoms. The van der Waals surface area contributed by atoms with Crippen molar-refractivity contribution >= 4 is 15.9 Å². The van der Waals surface area contributed by atoms with Crippen molar-refractivity contribution in [1.82, 2.24) is 15.2 Å². The molecule has 0 unspecified atom stereocenters. The highest BCUT2D eigenvalue weighted by atomic mass is 79.9. The van der Waals surface area contributed by atoms with Crippen LogP contribution in [0.2, 0.25) is 0 Å². The van der Waals surface area contributed by atoms with E-state index in [0.29, 0.717) is 11.4 Å². The second-order valence-electron chi connectivity index (χ2n) is 3.48. The maximum atomic E-state index is 13.5. The Morgan fingerprint density at radius 1 is 1.44 bits per heavy atom. The summed E-state index contributed by atoms with van der Waals surface area (Å²) in [5.41, 5.74) is 0.410. The van der Waals surface area contributed by atoms with E-state index >= 15 is 0 Å².